The summed E-state index contributed by atoms with van der Waals surface area (Å²) in [6, 6.07) is 8.05. The lowest BCUT2D eigenvalue weighted by Crippen LogP contribution is -2.25. The van der Waals surface area contributed by atoms with Crippen LogP contribution in [0.25, 0.3) is 11.0 Å². The average molecular weight is 377 g/mol. The molecule has 1 amide bonds. The smallest absolute Gasteiger partial charge is 0.228 e. The maximum absolute atomic E-state index is 12.6. The molecule has 1 fully saturated rings. The highest BCUT2D eigenvalue weighted by Crippen LogP contribution is 2.43. The minimum Gasteiger partial charge on any atom is -0.326 e. The van der Waals surface area contributed by atoms with Gasteiger partial charge in [-0.2, -0.15) is 5.10 Å². The molecule has 6 nitrogen and oxygen atoms in total. The fraction of sp³-hybridized carbons (Fsp3) is 0.300. The lowest BCUT2D eigenvalue weighted by atomic mass is 9.93. The van der Waals surface area contributed by atoms with Gasteiger partial charge in [0.15, 0.2) is 5.65 Å². The Balaban J connectivity index is 1.26. The highest BCUT2D eigenvalue weighted by Gasteiger charge is 2.39. The third-order valence-electron chi connectivity index (χ3n) is 5.40. The topological polar surface area (TPSA) is 83.6 Å². The van der Waals surface area contributed by atoms with Gasteiger partial charge in [-0.05, 0) is 42.4 Å². The fourth-order valence-electron chi connectivity index (χ4n) is 4.07. The molecule has 0 saturated heterocycles. The third kappa shape index (κ3) is 3.23. The Bertz CT molecular complexity index is 1030. The van der Waals surface area contributed by atoms with Crippen LogP contribution in [0, 0.1) is 17.8 Å². The standard InChI is InChI=1S/C20H19N5OS/c26-19(16-8-12-4-5-14(16)6-12)24-15-3-1-2-13(7-15)10-27-20-17-9-23-25-18(17)21-11-22-20/h1-5,7,9,11-12,14,16H,6,8,10H2,(H,24,26)(H,21,22,23,25)/t12-,14+,16?/m0/s1. The molecular formula is C20H19N5OS. The molecule has 27 heavy (non-hydrogen) atoms. The SMILES string of the molecule is O=C(Nc1cccc(CSc2ncnc3[nH]ncc23)c1)C1C[C@H]2C=C[C@@H]1C2. The Morgan fingerprint density at radius 2 is 2.22 bits per heavy atom. The van der Waals surface area contributed by atoms with Gasteiger partial charge in [-0.25, -0.2) is 9.97 Å². The first kappa shape index (κ1) is 16.5. The van der Waals surface area contributed by atoms with Crippen molar-refractivity contribution in [1.29, 1.82) is 0 Å². The van der Waals surface area contributed by atoms with E-state index in [9.17, 15) is 4.79 Å². The zero-order valence-corrected chi connectivity index (χ0v) is 15.4. The van der Waals surface area contributed by atoms with E-state index in [0.717, 1.165) is 45.9 Å². The summed E-state index contributed by atoms with van der Waals surface area (Å²) in [7, 11) is 0. The molecule has 2 aliphatic carbocycles. The summed E-state index contributed by atoms with van der Waals surface area (Å²) in [5.74, 6) is 2.05. The van der Waals surface area contributed by atoms with Crippen molar-refractivity contribution in [2.24, 2.45) is 17.8 Å². The number of rotatable bonds is 5. The van der Waals surface area contributed by atoms with Crippen LogP contribution >= 0.6 is 11.8 Å². The van der Waals surface area contributed by atoms with Gasteiger partial charge in [0.1, 0.15) is 11.4 Å². The van der Waals surface area contributed by atoms with E-state index in [4.69, 9.17) is 0 Å². The largest absolute Gasteiger partial charge is 0.326 e. The molecule has 2 bridgehead atoms. The molecule has 0 spiro atoms. The van der Waals surface area contributed by atoms with Crippen molar-refractivity contribution in [2.75, 3.05) is 5.32 Å². The highest BCUT2D eigenvalue weighted by atomic mass is 32.2. The molecule has 0 radical (unpaired) electrons. The van der Waals surface area contributed by atoms with Crippen LogP contribution in [-0.4, -0.2) is 26.1 Å². The fourth-order valence-corrected chi connectivity index (χ4v) is 4.98. The molecule has 5 rings (SSSR count). The Labute approximate surface area is 160 Å². The van der Waals surface area contributed by atoms with Crippen LogP contribution < -0.4 is 5.32 Å². The number of allylic oxidation sites excluding steroid dienone is 2. The number of anilines is 1. The van der Waals surface area contributed by atoms with Crippen molar-refractivity contribution in [1.82, 2.24) is 20.2 Å². The molecule has 2 N–H and O–H groups in total. The van der Waals surface area contributed by atoms with E-state index < -0.39 is 0 Å². The number of nitrogens with zero attached hydrogens (tertiary/aromatic N) is 3. The lowest BCUT2D eigenvalue weighted by molar-refractivity contribution is -0.120. The van der Waals surface area contributed by atoms with Gasteiger partial charge >= 0.3 is 0 Å². The first-order valence-corrected chi connectivity index (χ1v) is 10.1. The summed E-state index contributed by atoms with van der Waals surface area (Å²) >= 11 is 1.64. The summed E-state index contributed by atoms with van der Waals surface area (Å²) in [4.78, 5) is 21.2. The quantitative estimate of drug-likeness (QED) is 0.401. The average Bonchev–Trinajstić information content (AvgIpc) is 3.43. The number of H-pyrrole nitrogens is 1. The first-order valence-electron chi connectivity index (χ1n) is 9.11. The second-order valence-electron chi connectivity index (χ2n) is 7.18. The van der Waals surface area contributed by atoms with Gasteiger partial charge in [0, 0.05) is 17.4 Å². The Hall–Kier alpha value is -2.67. The van der Waals surface area contributed by atoms with Crippen molar-refractivity contribution in [3.63, 3.8) is 0 Å². The van der Waals surface area contributed by atoms with E-state index in [1.807, 2.05) is 18.2 Å². The van der Waals surface area contributed by atoms with Crippen molar-refractivity contribution >= 4 is 34.4 Å². The zero-order valence-electron chi connectivity index (χ0n) is 14.6. The highest BCUT2D eigenvalue weighted by molar-refractivity contribution is 7.98. The number of nitrogens with one attached hydrogen (secondary N) is 2. The third-order valence-corrected chi connectivity index (χ3v) is 6.47. The molecule has 136 valence electrons. The summed E-state index contributed by atoms with van der Waals surface area (Å²) in [6.07, 6.45) is 9.88. The number of carbonyl (C=O) groups excluding carboxylic acids is 1. The van der Waals surface area contributed by atoms with Gasteiger partial charge < -0.3 is 5.32 Å². The van der Waals surface area contributed by atoms with Gasteiger partial charge in [0.2, 0.25) is 5.91 Å². The summed E-state index contributed by atoms with van der Waals surface area (Å²) in [5, 5.41) is 11.8. The van der Waals surface area contributed by atoms with Gasteiger partial charge in [0.05, 0.1) is 11.6 Å². The van der Waals surface area contributed by atoms with Crippen LogP contribution in [0.4, 0.5) is 5.69 Å². The number of aromatic amines is 1. The predicted molar refractivity (Wildman–Crippen MR) is 105 cm³/mol. The van der Waals surface area contributed by atoms with Crippen molar-refractivity contribution in [3.8, 4) is 0 Å². The van der Waals surface area contributed by atoms with E-state index in [1.54, 1.807) is 24.3 Å². The molecule has 3 atom stereocenters. The Morgan fingerprint density at radius 3 is 3.07 bits per heavy atom. The van der Waals surface area contributed by atoms with Crippen LogP contribution in [0.3, 0.4) is 0 Å². The van der Waals surface area contributed by atoms with E-state index in [0.29, 0.717) is 11.8 Å². The van der Waals surface area contributed by atoms with Crippen LogP contribution in [-0.2, 0) is 10.5 Å². The van der Waals surface area contributed by atoms with Gasteiger partial charge in [0.25, 0.3) is 0 Å². The van der Waals surface area contributed by atoms with E-state index in [1.165, 1.54) is 0 Å². The number of amides is 1. The Morgan fingerprint density at radius 1 is 1.26 bits per heavy atom. The predicted octanol–water partition coefficient (Wildman–Crippen LogP) is 3.80. The first-order chi connectivity index (χ1) is 13.3. The maximum atomic E-state index is 12.6. The van der Waals surface area contributed by atoms with Crippen molar-refractivity contribution in [3.05, 3.63) is 54.5 Å². The molecule has 1 aromatic carbocycles. The van der Waals surface area contributed by atoms with Crippen LogP contribution in [0.5, 0.6) is 0 Å². The number of carbonyl (C=O) groups is 1. The number of hydrogen-bond acceptors (Lipinski definition) is 5. The van der Waals surface area contributed by atoms with Crippen molar-refractivity contribution < 1.29 is 4.79 Å². The molecule has 0 aliphatic heterocycles. The van der Waals surface area contributed by atoms with Gasteiger partial charge in [-0.3, -0.25) is 9.89 Å². The summed E-state index contributed by atoms with van der Waals surface area (Å²) in [6.45, 7) is 0. The summed E-state index contributed by atoms with van der Waals surface area (Å²) in [5.41, 5.74) is 2.75. The zero-order chi connectivity index (χ0) is 18.2. The van der Waals surface area contributed by atoms with Crippen LogP contribution in [0.15, 0.2) is 54.0 Å². The van der Waals surface area contributed by atoms with Gasteiger partial charge in [-0.1, -0.05) is 24.3 Å². The molecule has 2 heterocycles. The number of fused-ring (bicyclic) bond motifs is 3. The van der Waals surface area contributed by atoms with Crippen LogP contribution in [0.2, 0.25) is 0 Å². The second kappa shape index (κ2) is 6.81. The molecule has 3 aromatic rings. The number of benzene rings is 1. The van der Waals surface area contributed by atoms with E-state index in [-0.39, 0.29) is 11.8 Å². The molecule has 2 aliphatic rings. The second-order valence-corrected chi connectivity index (χ2v) is 8.14. The molecule has 1 unspecified atom stereocenters. The molecule has 7 heteroatoms. The molecule has 1 saturated carbocycles. The normalized spacial score (nSPS) is 23.2. The monoisotopic (exact) mass is 377 g/mol. The minimum absolute atomic E-state index is 0.119. The number of thioether (sulfide) groups is 1. The minimum atomic E-state index is 0.119. The number of hydrogen-bond donors (Lipinski definition) is 2. The molecule has 2 aromatic heterocycles. The van der Waals surface area contributed by atoms with E-state index in [2.05, 4.69) is 43.7 Å². The molecular weight excluding hydrogens is 358 g/mol. The lowest BCUT2D eigenvalue weighted by Gasteiger charge is -2.17. The van der Waals surface area contributed by atoms with Crippen molar-refractivity contribution in [2.45, 2.75) is 23.6 Å². The maximum Gasteiger partial charge on any atom is 0.228 e. The Kier molecular flexibility index (Phi) is 4.16. The summed E-state index contributed by atoms with van der Waals surface area (Å²) < 4.78 is 0. The van der Waals surface area contributed by atoms with Crippen LogP contribution in [0.1, 0.15) is 18.4 Å². The van der Waals surface area contributed by atoms with E-state index >= 15 is 0 Å². The van der Waals surface area contributed by atoms with Gasteiger partial charge in [-0.15, -0.1) is 11.8 Å². The number of aromatic nitrogens is 4.